The van der Waals surface area contributed by atoms with Crippen LogP contribution < -0.4 is 4.74 Å². The molecule has 4 nitrogen and oxygen atoms in total. The first-order valence-electron chi connectivity index (χ1n) is 5.23. The molecule has 0 heterocycles. The van der Waals surface area contributed by atoms with Gasteiger partial charge in [0.05, 0.1) is 7.11 Å². The van der Waals surface area contributed by atoms with Crippen LogP contribution in [0, 0.1) is 0 Å². The van der Waals surface area contributed by atoms with Crippen LogP contribution in [0.5, 0.6) is 11.5 Å². The minimum atomic E-state index is -0.745. The predicted octanol–water partition coefficient (Wildman–Crippen LogP) is 2.61. The van der Waals surface area contributed by atoms with Crippen LogP contribution in [-0.2, 0) is 11.2 Å². The number of rotatable bonds is 4. The van der Waals surface area contributed by atoms with E-state index in [9.17, 15) is 9.90 Å². The lowest BCUT2D eigenvalue weighted by Gasteiger charge is -2.04. The monoisotopic (exact) mass is 238 g/mol. The molecule has 1 aromatic carbocycles. The zero-order valence-electron chi connectivity index (χ0n) is 10.1. The summed E-state index contributed by atoms with van der Waals surface area (Å²) < 4.78 is 4.95. The third-order valence-corrected chi connectivity index (χ3v) is 1.93. The molecule has 17 heavy (non-hydrogen) atoms. The van der Waals surface area contributed by atoms with Crippen molar-refractivity contribution >= 4 is 5.97 Å². The van der Waals surface area contributed by atoms with E-state index in [2.05, 4.69) is 6.58 Å². The van der Waals surface area contributed by atoms with Crippen molar-refractivity contribution in [2.75, 3.05) is 7.11 Å². The van der Waals surface area contributed by atoms with Crippen LogP contribution in [0.2, 0.25) is 0 Å². The first-order valence-corrected chi connectivity index (χ1v) is 5.23. The van der Waals surface area contributed by atoms with Crippen molar-refractivity contribution in [3.05, 3.63) is 36.4 Å². The van der Waals surface area contributed by atoms with Crippen molar-refractivity contribution in [2.24, 2.45) is 0 Å². The number of phenols is 1. The van der Waals surface area contributed by atoms with Gasteiger partial charge in [0.1, 0.15) is 0 Å². The molecule has 0 saturated heterocycles. The van der Waals surface area contributed by atoms with Gasteiger partial charge in [-0.2, -0.15) is 0 Å². The van der Waals surface area contributed by atoms with Crippen LogP contribution in [0.25, 0.3) is 0 Å². The fourth-order valence-electron chi connectivity index (χ4n) is 1.02. The van der Waals surface area contributed by atoms with Crippen LogP contribution in [0.4, 0.5) is 0 Å². The number of hydrogen-bond donors (Lipinski definition) is 2. The van der Waals surface area contributed by atoms with E-state index in [0.29, 0.717) is 5.75 Å². The normalized spacial score (nSPS) is 8.82. The maximum atomic E-state index is 9.37. The number of carboxylic acid groups (broad SMARTS) is 1. The van der Waals surface area contributed by atoms with Crippen molar-refractivity contribution in [1.29, 1.82) is 0 Å². The van der Waals surface area contributed by atoms with Gasteiger partial charge in [0.2, 0.25) is 0 Å². The average molecular weight is 238 g/mol. The molecule has 0 aliphatic rings. The number of ether oxygens (including phenoxy) is 1. The van der Waals surface area contributed by atoms with Gasteiger partial charge < -0.3 is 14.9 Å². The molecule has 2 N–H and O–H groups in total. The second-order valence-electron chi connectivity index (χ2n) is 3.25. The molecular weight excluding hydrogens is 220 g/mol. The Morgan fingerprint density at radius 1 is 1.53 bits per heavy atom. The molecule has 0 radical (unpaired) electrons. The third-order valence-electron chi connectivity index (χ3n) is 1.93. The Hall–Kier alpha value is -1.97. The Kier molecular flexibility index (Phi) is 7.26. The molecule has 0 spiro atoms. The van der Waals surface area contributed by atoms with Crippen LogP contribution in [0.15, 0.2) is 30.9 Å². The summed E-state index contributed by atoms with van der Waals surface area (Å²) in [5.41, 5.74) is 1.08. The number of carbonyl (C=O) groups is 1. The Labute approximate surface area is 101 Å². The summed E-state index contributed by atoms with van der Waals surface area (Å²) in [5.74, 6) is -0.0651. The van der Waals surface area contributed by atoms with Gasteiger partial charge in [0.15, 0.2) is 11.5 Å². The quantitative estimate of drug-likeness (QED) is 0.791. The largest absolute Gasteiger partial charge is 0.504 e. The molecule has 94 valence electrons. The van der Waals surface area contributed by atoms with Gasteiger partial charge in [-0.05, 0) is 24.1 Å². The second-order valence-corrected chi connectivity index (χ2v) is 3.25. The van der Waals surface area contributed by atoms with Gasteiger partial charge in [0, 0.05) is 6.42 Å². The number of aliphatic carboxylic acids is 1. The van der Waals surface area contributed by atoms with Crippen molar-refractivity contribution in [3.8, 4) is 11.5 Å². The number of carboxylic acids is 1. The number of methoxy groups -OCH3 is 1. The van der Waals surface area contributed by atoms with Crippen molar-refractivity contribution in [1.82, 2.24) is 0 Å². The summed E-state index contributed by atoms with van der Waals surface area (Å²) in [5, 5.41) is 17.0. The van der Waals surface area contributed by atoms with Gasteiger partial charge in [-0.25, -0.2) is 0 Å². The van der Waals surface area contributed by atoms with Gasteiger partial charge in [-0.15, -0.1) is 6.58 Å². The van der Waals surface area contributed by atoms with Crippen LogP contribution in [-0.4, -0.2) is 23.3 Å². The number of aromatic hydroxyl groups is 1. The highest BCUT2D eigenvalue weighted by atomic mass is 16.5. The van der Waals surface area contributed by atoms with Gasteiger partial charge in [-0.1, -0.05) is 19.1 Å². The zero-order chi connectivity index (χ0) is 13.3. The number of benzene rings is 1. The molecule has 0 unspecified atom stereocenters. The number of hydrogen-bond acceptors (Lipinski definition) is 3. The predicted molar refractivity (Wildman–Crippen MR) is 66.5 cm³/mol. The highest BCUT2D eigenvalue weighted by Crippen LogP contribution is 2.26. The molecule has 0 fully saturated rings. The van der Waals surface area contributed by atoms with E-state index >= 15 is 0 Å². The van der Waals surface area contributed by atoms with Crippen molar-refractivity contribution < 1.29 is 19.7 Å². The van der Waals surface area contributed by atoms with Gasteiger partial charge in [-0.3, -0.25) is 4.79 Å². The van der Waals surface area contributed by atoms with Crippen LogP contribution in [0.3, 0.4) is 0 Å². The molecule has 0 bridgehead atoms. The maximum Gasteiger partial charge on any atom is 0.303 e. The summed E-state index contributed by atoms with van der Waals surface area (Å²) in [6, 6.07) is 5.27. The summed E-state index contributed by atoms with van der Waals surface area (Å²) >= 11 is 0. The zero-order valence-corrected chi connectivity index (χ0v) is 10.1. The highest BCUT2D eigenvalue weighted by molar-refractivity contribution is 5.66. The Morgan fingerprint density at radius 2 is 2.12 bits per heavy atom. The van der Waals surface area contributed by atoms with Crippen molar-refractivity contribution in [2.45, 2.75) is 19.8 Å². The SMILES string of the molecule is C=CCc1ccc(O)c(OC)c1.CCC(=O)O. The Morgan fingerprint density at radius 3 is 2.53 bits per heavy atom. The number of allylic oxidation sites excluding steroid dienone is 1. The molecule has 0 aliphatic carbocycles. The van der Waals surface area contributed by atoms with Gasteiger partial charge in [0.25, 0.3) is 0 Å². The van der Waals surface area contributed by atoms with E-state index < -0.39 is 5.97 Å². The van der Waals surface area contributed by atoms with Crippen LogP contribution in [0.1, 0.15) is 18.9 Å². The Bertz CT molecular complexity index is 372. The summed E-state index contributed by atoms with van der Waals surface area (Å²) in [4.78, 5) is 9.37. The molecular formula is C13H18O4. The second kappa shape index (κ2) is 8.21. The Balaban J connectivity index is 0.000000437. The third kappa shape index (κ3) is 6.25. The highest BCUT2D eigenvalue weighted by Gasteiger charge is 2.00. The van der Waals surface area contributed by atoms with E-state index in [1.54, 1.807) is 19.1 Å². The fourth-order valence-corrected chi connectivity index (χ4v) is 1.02. The van der Waals surface area contributed by atoms with Gasteiger partial charge >= 0.3 is 5.97 Å². The minimum Gasteiger partial charge on any atom is -0.504 e. The maximum absolute atomic E-state index is 9.37. The summed E-state index contributed by atoms with van der Waals surface area (Å²) in [7, 11) is 1.53. The molecule has 0 saturated carbocycles. The first kappa shape index (κ1) is 15.0. The van der Waals surface area contributed by atoms with E-state index in [1.165, 1.54) is 7.11 Å². The lowest BCUT2D eigenvalue weighted by atomic mass is 10.1. The van der Waals surface area contributed by atoms with E-state index in [1.807, 2.05) is 12.1 Å². The molecule has 1 aromatic rings. The minimum absolute atomic E-state index is 0.172. The first-order chi connectivity index (χ1) is 8.04. The lowest BCUT2D eigenvalue weighted by molar-refractivity contribution is -0.136. The van der Waals surface area contributed by atoms with E-state index in [4.69, 9.17) is 9.84 Å². The molecule has 1 rings (SSSR count). The fraction of sp³-hybridized carbons (Fsp3) is 0.308. The standard InChI is InChI=1S/C10H12O2.C3H6O2/c1-3-4-8-5-6-9(11)10(7-8)12-2;1-2-3(4)5/h3,5-7,11H,1,4H2,2H3;2H2,1H3,(H,4,5). The molecule has 0 amide bonds. The summed E-state index contributed by atoms with van der Waals surface area (Å²) in [6.45, 7) is 5.23. The molecule has 0 aliphatic heterocycles. The number of phenolic OH excluding ortho intramolecular Hbond substituents is 1. The summed E-state index contributed by atoms with van der Waals surface area (Å²) in [6.07, 6.45) is 2.82. The molecule has 0 aromatic heterocycles. The lowest BCUT2D eigenvalue weighted by Crippen LogP contribution is -1.86. The van der Waals surface area contributed by atoms with E-state index in [0.717, 1.165) is 12.0 Å². The molecule has 4 heteroatoms. The average Bonchev–Trinajstić information content (AvgIpc) is 2.32. The topological polar surface area (TPSA) is 66.8 Å². The van der Waals surface area contributed by atoms with E-state index in [-0.39, 0.29) is 12.2 Å². The smallest absolute Gasteiger partial charge is 0.303 e. The molecule has 0 atom stereocenters. The van der Waals surface area contributed by atoms with Crippen molar-refractivity contribution in [3.63, 3.8) is 0 Å². The van der Waals surface area contributed by atoms with Crippen LogP contribution >= 0.6 is 0 Å².